The predicted octanol–water partition coefficient (Wildman–Crippen LogP) is 4.36. The van der Waals surface area contributed by atoms with Gasteiger partial charge in [0.05, 0.1) is 6.61 Å². The topological polar surface area (TPSA) is 21.3 Å². The van der Waals surface area contributed by atoms with Crippen LogP contribution in [0.4, 0.5) is 0 Å². The molecule has 0 amide bonds. The lowest BCUT2D eigenvalue weighted by atomic mass is 10.2. The van der Waals surface area contributed by atoms with E-state index in [0.29, 0.717) is 0 Å². The van der Waals surface area contributed by atoms with Crippen molar-refractivity contribution in [1.82, 2.24) is 5.32 Å². The Bertz CT molecular complexity index is 516. The average molecular weight is 301 g/mol. The van der Waals surface area contributed by atoms with Gasteiger partial charge in [-0.1, -0.05) is 43.3 Å². The Morgan fingerprint density at radius 3 is 2.57 bits per heavy atom. The lowest BCUT2D eigenvalue weighted by Gasteiger charge is -2.12. The quantitative estimate of drug-likeness (QED) is 0.549. The second-order valence-corrected chi connectivity index (χ2v) is 5.96. The predicted molar refractivity (Wildman–Crippen MR) is 91.1 cm³/mol. The highest BCUT2D eigenvalue weighted by molar-refractivity contribution is 7.99. The number of rotatable bonds is 9. The minimum Gasteiger partial charge on any atom is -0.492 e. The molecule has 0 fully saturated rings. The molecule has 2 nitrogen and oxygen atoms in total. The Balaban J connectivity index is 1.77. The zero-order valence-electron chi connectivity index (χ0n) is 12.5. The third-order valence-electron chi connectivity index (χ3n) is 3.07. The third kappa shape index (κ3) is 5.82. The first kappa shape index (κ1) is 15.9. The minimum atomic E-state index is 0.727. The Hall–Kier alpha value is -1.45. The molecule has 0 heterocycles. The molecule has 112 valence electrons. The minimum absolute atomic E-state index is 0.727. The highest BCUT2D eigenvalue weighted by atomic mass is 32.2. The molecule has 0 spiro atoms. The molecule has 0 saturated heterocycles. The molecule has 0 aromatic heterocycles. The second kappa shape index (κ2) is 9.48. The zero-order chi connectivity index (χ0) is 14.8. The summed E-state index contributed by atoms with van der Waals surface area (Å²) >= 11 is 1.83. The van der Waals surface area contributed by atoms with E-state index in [0.717, 1.165) is 37.6 Å². The van der Waals surface area contributed by atoms with E-state index < -0.39 is 0 Å². The van der Waals surface area contributed by atoms with Crippen molar-refractivity contribution in [2.24, 2.45) is 0 Å². The molecule has 0 atom stereocenters. The van der Waals surface area contributed by atoms with Crippen LogP contribution in [-0.2, 0) is 6.54 Å². The number of para-hydroxylation sites is 1. The zero-order valence-corrected chi connectivity index (χ0v) is 13.4. The van der Waals surface area contributed by atoms with Crippen LogP contribution < -0.4 is 10.1 Å². The summed E-state index contributed by atoms with van der Waals surface area (Å²) in [6, 6.07) is 18.7. The summed E-state index contributed by atoms with van der Waals surface area (Å²) in [7, 11) is 0. The van der Waals surface area contributed by atoms with Crippen LogP contribution in [0.5, 0.6) is 5.75 Å². The van der Waals surface area contributed by atoms with Gasteiger partial charge in [0.1, 0.15) is 5.75 Å². The summed E-state index contributed by atoms with van der Waals surface area (Å²) < 4.78 is 5.93. The molecule has 0 aliphatic heterocycles. The molecule has 1 N–H and O–H groups in total. The van der Waals surface area contributed by atoms with Crippen LogP contribution in [0, 0.1) is 0 Å². The molecule has 0 aliphatic carbocycles. The maximum absolute atomic E-state index is 5.93. The van der Waals surface area contributed by atoms with Crippen molar-refractivity contribution in [3.05, 3.63) is 60.2 Å². The van der Waals surface area contributed by atoms with Crippen molar-refractivity contribution in [1.29, 1.82) is 0 Å². The van der Waals surface area contributed by atoms with Gasteiger partial charge in [0.2, 0.25) is 0 Å². The molecule has 21 heavy (non-hydrogen) atoms. The first-order valence-corrected chi connectivity index (χ1v) is 8.48. The molecule has 2 aromatic rings. The van der Waals surface area contributed by atoms with Gasteiger partial charge in [-0.25, -0.2) is 0 Å². The van der Waals surface area contributed by atoms with Gasteiger partial charge in [-0.3, -0.25) is 0 Å². The van der Waals surface area contributed by atoms with E-state index in [9.17, 15) is 0 Å². The standard InChI is InChI=1S/C18H23NOS/c1-2-12-19-15-16-8-6-7-11-18(16)20-13-14-21-17-9-4-3-5-10-17/h3-11,19H,2,12-15H2,1H3. The molecule has 0 radical (unpaired) electrons. The van der Waals surface area contributed by atoms with Crippen molar-refractivity contribution >= 4 is 11.8 Å². The van der Waals surface area contributed by atoms with Gasteiger partial charge in [0.15, 0.2) is 0 Å². The highest BCUT2D eigenvalue weighted by Gasteiger charge is 2.02. The average Bonchev–Trinajstić information content (AvgIpc) is 2.54. The number of thioether (sulfide) groups is 1. The molecule has 0 bridgehead atoms. The van der Waals surface area contributed by atoms with Gasteiger partial charge in [-0.05, 0) is 31.2 Å². The third-order valence-corrected chi connectivity index (χ3v) is 4.04. The molecular formula is C18H23NOS. The largest absolute Gasteiger partial charge is 0.492 e. The Morgan fingerprint density at radius 1 is 1.00 bits per heavy atom. The lowest BCUT2D eigenvalue weighted by Crippen LogP contribution is -2.15. The van der Waals surface area contributed by atoms with Gasteiger partial charge in [-0.15, -0.1) is 11.8 Å². The molecule has 0 unspecified atom stereocenters. The van der Waals surface area contributed by atoms with E-state index in [-0.39, 0.29) is 0 Å². The summed E-state index contributed by atoms with van der Waals surface area (Å²) in [4.78, 5) is 1.29. The number of hydrogen-bond acceptors (Lipinski definition) is 3. The van der Waals surface area contributed by atoms with Crippen LogP contribution in [0.25, 0.3) is 0 Å². The van der Waals surface area contributed by atoms with E-state index in [1.54, 1.807) is 0 Å². The Kier molecular flexibility index (Phi) is 7.19. The summed E-state index contributed by atoms with van der Waals surface area (Å²) in [6.07, 6.45) is 1.15. The van der Waals surface area contributed by atoms with Gasteiger partial charge in [0, 0.05) is 22.8 Å². The molecule has 2 rings (SSSR count). The smallest absolute Gasteiger partial charge is 0.123 e. The van der Waals surface area contributed by atoms with Crippen molar-refractivity contribution in [3.63, 3.8) is 0 Å². The number of nitrogens with one attached hydrogen (secondary N) is 1. The molecule has 0 saturated carbocycles. The molecular weight excluding hydrogens is 278 g/mol. The normalized spacial score (nSPS) is 10.5. The molecule has 2 aromatic carbocycles. The fraction of sp³-hybridized carbons (Fsp3) is 0.333. The highest BCUT2D eigenvalue weighted by Crippen LogP contribution is 2.20. The first-order chi connectivity index (χ1) is 10.4. The van der Waals surface area contributed by atoms with Crippen molar-refractivity contribution in [2.75, 3.05) is 18.9 Å². The van der Waals surface area contributed by atoms with Crippen molar-refractivity contribution < 1.29 is 4.74 Å². The van der Waals surface area contributed by atoms with Crippen LogP contribution in [0.2, 0.25) is 0 Å². The van der Waals surface area contributed by atoms with E-state index >= 15 is 0 Å². The Labute approximate surface area is 131 Å². The SMILES string of the molecule is CCCNCc1ccccc1OCCSc1ccccc1. The van der Waals surface area contributed by atoms with Crippen molar-refractivity contribution in [2.45, 2.75) is 24.8 Å². The molecule has 3 heteroatoms. The van der Waals surface area contributed by atoms with Crippen LogP contribution in [0.1, 0.15) is 18.9 Å². The Morgan fingerprint density at radius 2 is 1.76 bits per heavy atom. The van der Waals surface area contributed by atoms with E-state index in [1.807, 2.05) is 23.9 Å². The maximum Gasteiger partial charge on any atom is 0.123 e. The van der Waals surface area contributed by atoms with Gasteiger partial charge < -0.3 is 10.1 Å². The van der Waals surface area contributed by atoms with E-state index in [1.165, 1.54) is 10.5 Å². The lowest BCUT2D eigenvalue weighted by molar-refractivity contribution is 0.339. The van der Waals surface area contributed by atoms with Gasteiger partial charge in [-0.2, -0.15) is 0 Å². The molecule has 0 aliphatic rings. The van der Waals surface area contributed by atoms with Gasteiger partial charge >= 0.3 is 0 Å². The summed E-state index contributed by atoms with van der Waals surface area (Å²) in [5.74, 6) is 1.95. The maximum atomic E-state index is 5.93. The summed E-state index contributed by atoms with van der Waals surface area (Å²) in [5.41, 5.74) is 1.23. The summed E-state index contributed by atoms with van der Waals surface area (Å²) in [5, 5.41) is 3.42. The van der Waals surface area contributed by atoms with Crippen LogP contribution in [0.3, 0.4) is 0 Å². The monoisotopic (exact) mass is 301 g/mol. The van der Waals surface area contributed by atoms with Crippen LogP contribution in [-0.4, -0.2) is 18.9 Å². The van der Waals surface area contributed by atoms with Crippen LogP contribution >= 0.6 is 11.8 Å². The summed E-state index contributed by atoms with van der Waals surface area (Å²) in [6.45, 7) is 4.81. The number of hydrogen-bond donors (Lipinski definition) is 1. The van der Waals surface area contributed by atoms with Gasteiger partial charge in [0.25, 0.3) is 0 Å². The van der Waals surface area contributed by atoms with Crippen molar-refractivity contribution in [3.8, 4) is 5.75 Å². The number of ether oxygens (including phenoxy) is 1. The van der Waals surface area contributed by atoms with Crippen LogP contribution in [0.15, 0.2) is 59.5 Å². The van der Waals surface area contributed by atoms with E-state index in [2.05, 4.69) is 54.7 Å². The fourth-order valence-corrected chi connectivity index (χ4v) is 2.77. The number of benzene rings is 2. The fourth-order valence-electron chi connectivity index (χ4n) is 2.02. The van der Waals surface area contributed by atoms with E-state index in [4.69, 9.17) is 4.74 Å². The second-order valence-electron chi connectivity index (χ2n) is 4.79. The first-order valence-electron chi connectivity index (χ1n) is 7.49.